The fraction of sp³-hybridized carbons (Fsp3) is 0. The fourth-order valence-corrected chi connectivity index (χ4v) is 3.66. The first kappa shape index (κ1) is 13.0. The van der Waals surface area contributed by atoms with Crippen molar-refractivity contribution in [1.29, 1.82) is 0 Å². The lowest BCUT2D eigenvalue weighted by molar-refractivity contribution is 0.489. The molecule has 3 nitrogen and oxygen atoms in total. The van der Waals surface area contributed by atoms with Crippen molar-refractivity contribution in [2.24, 2.45) is 0 Å². The predicted molar refractivity (Wildman–Crippen MR) is 88.3 cm³/mol. The Balaban J connectivity index is 2.05. The molecule has 19 heavy (non-hydrogen) atoms. The lowest BCUT2D eigenvalue weighted by atomic mass is 10.3. The van der Waals surface area contributed by atoms with E-state index in [1.54, 1.807) is 35.7 Å². The van der Waals surface area contributed by atoms with Gasteiger partial charge in [-0.25, -0.2) is 0 Å². The van der Waals surface area contributed by atoms with E-state index in [1.165, 1.54) is 2.88 Å². The second-order valence-corrected chi connectivity index (χ2v) is 7.22. The van der Waals surface area contributed by atoms with Crippen LogP contribution in [0, 0.1) is 2.88 Å². The highest BCUT2D eigenvalue weighted by Crippen LogP contribution is 2.37. The maximum Gasteiger partial charge on any atom is 0.148 e. The normalized spacial score (nSPS) is 10.8. The van der Waals surface area contributed by atoms with Crippen molar-refractivity contribution >= 4 is 61.4 Å². The summed E-state index contributed by atoms with van der Waals surface area (Å²) in [4.78, 5) is 4.31. The molecule has 96 valence electrons. The Labute approximate surface area is 132 Å². The van der Waals surface area contributed by atoms with Crippen LogP contribution in [0.4, 0.5) is 5.69 Å². The SMILES string of the molecule is Nc1ccc(Oc2ccnc3cc(I)sc23)c(Cl)c1. The molecule has 3 rings (SSSR count). The number of ether oxygens (including phenoxy) is 1. The Morgan fingerprint density at radius 2 is 2.05 bits per heavy atom. The smallest absolute Gasteiger partial charge is 0.148 e. The van der Waals surface area contributed by atoms with Gasteiger partial charge >= 0.3 is 0 Å². The zero-order valence-corrected chi connectivity index (χ0v) is 13.3. The molecule has 0 radical (unpaired) electrons. The first-order valence-electron chi connectivity index (χ1n) is 5.40. The highest BCUT2D eigenvalue weighted by Gasteiger charge is 2.10. The van der Waals surface area contributed by atoms with Gasteiger partial charge in [-0.3, -0.25) is 4.98 Å². The van der Waals surface area contributed by atoms with Crippen LogP contribution < -0.4 is 10.5 Å². The predicted octanol–water partition coefficient (Wildman–Crippen LogP) is 4.93. The third kappa shape index (κ3) is 2.63. The fourth-order valence-electron chi connectivity index (χ4n) is 1.68. The largest absolute Gasteiger partial charge is 0.454 e. The Kier molecular flexibility index (Phi) is 3.51. The maximum absolute atomic E-state index is 6.12. The summed E-state index contributed by atoms with van der Waals surface area (Å²) in [5.41, 5.74) is 7.21. The molecule has 0 amide bonds. The van der Waals surface area contributed by atoms with Crippen molar-refractivity contribution in [3.05, 3.63) is 44.4 Å². The van der Waals surface area contributed by atoms with Crippen molar-refractivity contribution in [1.82, 2.24) is 4.98 Å². The van der Waals surface area contributed by atoms with Crippen LogP contribution in [0.2, 0.25) is 5.02 Å². The van der Waals surface area contributed by atoms with Crippen LogP contribution in [-0.2, 0) is 0 Å². The maximum atomic E-state index is 6.12. The first-order chi connectivity index (χ1) is 9.13. The number of nitrogen functional groups attached to an aromatic ring is 1. The molecule has 0 spiro atoms. The van der Waals surface area contributed by atoms with Crippen LogP contribution in [0.3, 0.4) is 0 Å². The van der Waals surface area contributed by atoms with Crippen LogP contribution in [0.25, 0.3) is 10.2 Å². The lowest BCUT2D eigenvalue weighted by Gasteiger charge is -2.08. The van der Waals surface area contributed by atoms with E-state index < -0.39 is 0 Å². The van der Waals surface area contributed by atoms with Gasteiger partial charge in [-0.2, -0.15) is 0 Å². The number of anilines is 1. The summed E-state index contributed by atoms with van der Waals surface area (Å²) in [7, 11) is 0. The molecule has 0 aliphatic heterocycles. The molecule has 2 aromatic heterocycles. The van der Waals surface area contributed by atoms with Gasteiger partial charge in [0.2, 0.25) is 0 Å². The van der Waals surface area contributed by atoms with Crippen LogP contribution in [0.15, 0.2) is 36.5 Å². The molecule has 0 fully saturated rings. The number of halogens is 2. The summed E-state index contributed by atoms with van der Waals surface area (Å²) in [5, 5.41) is 0.496. The molecule has 0 aliphatic rings. The number of nitrogens with two attached hydrogens (primary N) is 1. The summed E-state index contributed by atoms with van der Waals surface area (Å²) < 4.78 is 8.05. The third-order valence-electron chi connectivity index (χ3n) is 2.52. The Bertz CT molecular complexity index is 759. The van der Waals surface area contributed by atoms with Gasteiger partial charge < -0.3 is 10.5 Å². The molecule has 0 aliphatic carbocycles. The minimum Gasteiger partial charge on any atom is -0.454 e. The zero-order valence-electron chi connectivity index (χ0n) is 9.56. The van der Waals surface area contributed by atoms with Gasteiger partial charge in [-0.15, -0.1) is 11.3 Å². The molecule has 3 aromatic rings. The Morgan fingerprint density at radius 3 is 2.84 bits per heavy atom. The Hall–Kier alpha value is -1.05. The molecule has 0 unspecified atom stereocenters. The molecular weight excluding hydrogens is 395 g/mol. The van der Waals surface area contributed by atoms with Crippen LogP contribution in [0.5, 0.6) is 11.5 Å². The highest BCUT2D eigenvalue weighted by atomic mass is 127. The summed E-state index contributed by atoms with van der Waals surface area (Å²) in [6.07, 6.45) is 1.73. The molecular formula is C13H8ClIN2OS. The minimum absolute atomic E-state index is 0.496. The van der Waals surface area contributed by atoms with Gasteiger partial charge in [0, 0.05) is 18.0 Å². The molecule has 2 N–H and O–H groups in total. The molecule has 0 bridgehead atoms. The topological polar surface area (TPSA) is 48.1 Å². The van der Waals surface area contributed by atoms with E-state index in [0.717, 1.165) is 16.0 Å². The average Bonchev–Trinajstić information content (AvgIpc) is 2.74. The number of hydrogen-bond acceptors (Lipinski definition) is 4. The summed E-state index contributed by atoms with van der Waals surface area (Å²) >= 11 is 10.0. The Morgan fingerprint density at radius 1 is 1.21 bits per heavy atom. The van der Waals surface area contributed by atoms with Gasteiger partial charge in [0.05, 0.1) is 18.1 Å². The molecule has 0 saturated heterocycles. The molecule has 0 atom stereocenters. The van der Waals surface area contributed by atoms with Crippen molar-refractivity contribution in [2.75, 3.05) is 5.73 Å². The zero-order chi connectivity index (χ0) is 13.4. The second-order valence-electron chi connectivity index (χ2n) is 3.87. The number of hydrogen-bond donors (Lipinski definition) is 1. The van der Waals surface area contributed by atoms with Crippen molar-refractivity contribution < 1.29 is 4.74 Å². The lowest BCUT2D eigenvalue weighted by Crippen LogP contribution is -1.89. The summed E-state index contributed by atoms with van der Waals surface area (Å²) in [6.45, 7) is 0. The third-order valence-corrected chi connectivity index (χ3v) is 4.72. The van der Waals surface area contributed by atoms with Crippen molar-refractivity contribution in [2.45, 2.75) is 0 Å². The standard InChI is InChI=1S/C13H8ClIN2OS/c14-8-5-7(16)1-2-10(8)18-11-3-4-17-9-6-12(15)19-13(9)11/h1-6H,16H2. The van der Waals surface area contributed by atoms with Crippen LogP contribution >= 0.6 is 45.5 Å². The monoisotopic (exact) mass is 402 g/mol. The van der Waals surface area contributed by atoms with Gasteiger partial charge in [0.25, 0.3) is 0 Å². The van der Waals surface area contributed by atoms with Crippen molar-refractivity contribution in [3.8, 4) is 11.5 Å². The van der Waals surface area contributed by atoms with Crippen molar-refractivity contribution in [3.63, 3.8) is 0 Å². The quantitative estimate of drug-likeness (QED) is 0.488. The number of thiophene rings is 1. The van der Waals surface area contributed by atoms with E-state index in [2.05, 4.69) is 27.6 Å². The molecule has 2 heterocycles. The minimum atomic E-state index is 0.496. The molecule has 6 heteroatoms. The molecule has 1 aromatic carbocycles. The number of fused-ring (bicyclic) bond motifs is 1. The summed E-state index contributed by atoms with van der Waals surface area (Å²) in [5.74, 6) is 1.34. The van der Waals surface area contributed by atoms with Crippen LogP contribution in [0.1, 0.15) is 0 Å². The van der Waals surface area contributed by atoms with E-state index in [1.807, 2.05) is 12.1 Å². The van der Waals surface area contributed by atoms with Crippen LogP contribution in [-0.4, -0.2) is 4.98 Å². The number of nitrogens with zero attached hydrogens (tertiary/aromatic N) is 1. The highest BCUT2D eigenvalue weighted by molar-refractivity contribution is 14.1. The van der Waals surface area contributed by atoms with E-state index >= 15 is 0 Å². The number of rotatable bonds is 2. The van der Waals surface area contributed by atoms with E-state index in [4.69, 9.17) is 22.1 Å². The second kappa shape index (κ2) is 5.15. The van der Waals surface area contributed by atoms with E-state index in [9.17, 15) is 0 Å². The van der Waals surface area contributed by atoms with Gasteiger partial charge in [-0.05, 0) is 46.9 Å². The summed E-state index contributed by atoms with van der Waals surface area (Å²) in [6, 6.07) is 9.06. The number of aromatic nitrogens is 1. The van der Waals surface area contributed by atoms with Gasteiger partial charge in [-0.1, -0.05) is 11.6 Å². The van der Waals surface area contributed by atoms with E-state index in [0.29, 0.717) is 16.5 Å². The molecule has 0 saturated carbocycles. The van der Waals surface area contributed by atoms with Gasteiger partial charge in [0.1, 0.15) is 11.5 Å². The number of benzene rings is 1. The van der Waals surface area contributed by atoms with Gasteiger partial charge in [0.15, 0.2) is 0 Å². The van der Waals surface area contributed by atoms with E-state index in [-0.39, 0.29) is 0 Å². The average molecular weight is 403 g/mol. The first-order valence-corrected chi connectivity index (χ1v) is 7.68. The number of pyridine rings is 1.